The molecule has 8 N–H and O–H groups in total. The molecule has 0 spiro atoms. The largest absolute Gasteiger partial charge is 0.496 e. The van der Waals surface area contributed by atoms with E-state index in [4.69, 9.17) is 19.7 Å². The van der Waals surface area contributed by atoms with Gasteiger partial charge in [0.15, 0.2) is 0 Å². The van der Waals surface area contributed by atoms with E-state index in [9.17, 15) is 29.4 Å². The normalized spacial score (nSPS) is 12.0. The van der Waals surface area contributed by atoms with Gasteiger partial charge in [0.1, 0.15) is 35.0 Å². The number of nitrogens with one attached hydrogen (secondary N) is 4. The highest BCUT2D eigenvalue weighted by atomic mass is 16.5. The van der Waals surface area contributed by atoms with Crippen LogP contribution >= 0.6 is 0 Å². The number of ether oxygens (including phenoxy) is 2. The summed E-state index contributed by atoms with van der Waals surface area (Å²) < 4.78 is 10.9. The fraction of sp³-hybridized carbons (Fsp3) is 0.316. The second-order valence-electron chi connectivity index (χ2n) is 12.2. The number of carboxylic acids is 2. The molecule has 54 heavy (non-hydrogen) atoms. The lowest BCUT2D eigenvalue weighted by molar-refractivity contribution is -0.140. The number of rotatable bonds is 19. The summed E-state index contributed by atoms with van der Waals surface area (Å²) in [6.45, 7) is 3.31. The SMILES string of the molecule is COc1cc(C(=O)Nc2cccc(-c3cccc(NC(=O)c4cc(OC)c(CNC(CCO)C(=O)O)cn4)c3C)c2C)ncc1CNC(CCO)C(=O)O. The zero-order valence-corrected chi connectivity index (χ0v) is 30.3. The number of hydrogen-bond acceptors (Lipinski definition) is 12. The van der Waals surface area contributed by atoms with E-state index in [0.717, 1.165) is 22.3 Å². The molecule has 286 valence electrons. The van der Waals surface area contributed by atoms with Gasteiger partial charge in [-0.3, -0.25) is 29.1 Å². The topological polar surface area (TPSA) is 242 Å². The van der Waals surface area contributed by atoms with E-state index < -0.39 is 35.8 Å². The van der Waals surface area contributed by atoms with Crippen LogP contribution in [0.3, 0.4) is 0 Å². The maximum Gasteiger partial charge on any atom is 0.320 e. The van der Waals surface area contributed by atoms with Crippen LogP contribution in [0.25, 0.3) is 11.1 Å². The Bertz CT molecular complexity index is 1850. The van der Waals surface area contributed by atoms with Gasteiger partial charge in [0.25, 0.3) is 11.8 Å². The summed E-state index contributed by atoms with van der Waals surface area (Å²) in [5, 5.41) is 48.5. The molecule has 2 aromatic carbocycles. The molecule has 2 aromatic heterocycles. The minimum atomic E-state index is -1.10. The molecule has 2 atom stereocenters. The molecule has 0 fully saturated rings. The van der Waals surface area contributed by atoms with Crippen molar-refractivity contribution >= 4 is 35.1 Å². The van der Waals surface area contributed by atoms with Crippen molar-refractivity contribution in [3.63, 3.8) is 0 Å². The van der Waals surface area contributed by atoms with Gasteiger partial charge in [0.2, 0.25) is 0 Å². The molecule has 0 aliphatic heterocycles. The number of aromatic nitrogens is 2. The lowest BCUT2D eigenvalue weighted by Crippen LogP contribution is -2.37. The van der Waals surface area contributed by atoms with Crippen LogP contribution in [0.1, 0.15) is 56.1 Å². The number of pyridine rings is 2. The zero-order chi connectivity index (χ0) is 39.4. The molecule has 0 saturated carbocycles. The number of anilines is 2. The lowest BCUT2D eigenvalue weighted by atomic mass is 9.94. The van der Waals surface area contributed by atoms with Crippen molar-refractivity contribution < 1.29 is 49.1 Å². The third-order valence-corrected chi connectivity index (χ3v) is 8.76. The summed E-state index contributed by atoms with van der Waals surface area (Å²) in [5.41, 5.74) is 5.41. The quantitative estimate of drug-likeness (QED) is 0.0688. The Labute approximate surface area is 311 Å². The van der Waals surface area contributed by atoms with Crippen molar-refractivity contribution in [1.82, 2.24) is 20.6 Å². The Morgan fingerprint density at radius 3 is 1.39 bits per heavy atom. The molecule has 0 aliphatic carbocycles. The Kier molecular flexibility index (Phi) is 14.5. The van der Waals surface area contributed by atoms with Crippen LogP contribution in [0.4, 0.5) is 11.4 Å². The van der Waals surface area contributed by atoms with Crippen molar-refractivity contribution in [2.45, 2.75) is 51.9 Å². The zero-order valence-electron chi connectivity index (χ0n) is 30.3. The minimum absolute atomic E-state index is 0.0244. The van der Waals surface area contributed by atoms with Crippen LogP contribution in [0.5, 0.6) is 11.5 Å². The highest BCUT2D eigenvalue weighted by Crippen LogP contribution is 2.34. The number of methoxy groups -OCH3 is 2. The second-order valence-corrected chi connectivity index (χ2v) is 12.2. The van der Waals surface area contributed by atoms with Crippen LogP contribution in [0, 0.1) is 13.8 Å². The molecule has 0 bridgehead atoms. The van der Waals surface area contributed by atoms with Crippen LogP contribution in [0.2, 0.25) is 0 Å². The lowest BCUT2D eigenvalue weighted by Gasteiger charge is -2.17. The first-order valence-electron chi connectivity index (χ1n) is 16.9. The summed E-state index contributed by atoms with van der Waals surface area (Å²) >= 11 is 0. The number of nitrogens with zero attached hydrogens (tertiary/aromatic N) is 2. The van der Waals surface area contributed by atoms with Gasteiger partial charge in [-0.05, 0) is 61.1 Å². The van der Waals surface area contributed by atoms with Gasteiger partial charge in [-0.1, -0.05) is 24.3 Å². The van der Waals surface area contributed by atoms with Crippen LogP contribution in [-0.2, 0) is 22.7 Å². The number of carboxylic acid groups (broad SMARTS) is 2. The first-order chi connectivity index (χ1) is 25.9. The van der Waals surface area contributed by atoms with E-state index in [0.29, 0.717) is 34.0 Å². The second kappa shape index (κ2) is 19.2. The summed E-state index contributed by atoms with van der Waals surface area (Å²) in [5.74, 6) is -2.52. The van der Waals surface area contributed by atoms with Gasteiger partial charge in [0.05, 0.1) is 14.2 Å². The van der Waals surface area contributed by atoms with Gasteiger partial charge < -0.3 is 51.2 Å². The number of hydrogen-bond donors (Lipinski definition) is 8. The average molecular weight is 745 g/mol. The predicted octanol–water partition coefficient (Wildman–Crippen LogP) is 3.13. The maximum absolute atomic E-state index is 13.3. The molecule has 16 heteroatoms. The third kappa shape index (κ3) is 10.1. The Morgan fingerprint density at radius 2 is 1.06 bits per heavy atom. The molecular formula is C38H44N6O10. The van der Waals surface area contributed by atoms with Gasteiger partial charge in [-0.2, -0.15) is 0 Å². The number of carbonyl (C=O) groups excluding carboxylic acids is 2. The molecule has 16 nitrogen and oxygen atoms in total. The Balaban J connectivity index is 1.50. The molecular weight excluding hydrogens is 700 g/mol. The molecule has 0 radical (unpaired) electrons. The van der Waals surface area contributed by atoms with E-state index in [-0.39, 0.29) is 50.5 Å². The minimum Gasteiger partial charge on any atom is -0.496 e. The molecule has 0 aliphatic rings. The highest BCUT2D eigenvalue weighted by molar-refractivity contribution is 6.05. The van der Waals surface area contributed by atoms with E-state index >= 15 is 0 Å². The van der Waals surface area contributed by atoms with E-state index in [1.165, 1.54) is 38.7 Å². The molecule has 0 saturated heterocycles. The molecule has 2 amide bonds. The summed E-state index contributed by atoms with van der Waals surface area (Å²) in [6.07, 6.45) is 2.91. The molecule has 2 heterocycles. The standard InChI is InChI=1S/C38H44N6O10/c1-21-25(7-5-9-27(21)43-35(47)31-15-33(53-3)23(19-41-31)17-39-29(11-13-45)37(49)50)26-8-6-10-28(22(26)2)44-36(48)32-16-34(54-4)24(20-42-32)18-40-30(12-14-46)38(51)52/h5-10,15-16,19-20,29-30,39-40,45-46H,11-14,17-18H2,1-4H3,(H,43,47)(H,44,48)(H,49,50)(H,51,52). The molecule has 2 unspecified atom stereocenters. The highest BCUT2D eigenvalue weighted by Gasteiger charge is 2.21. The summed E-state index contributed by atoms with van der Waals surface area (Å²) in [6, 6.07) is 11.9. The van der Waals surface area contributed by atoms with Gasteiger partial charge in [-0.15, -0.1) is 0 Å². The fourth-order valence-electron chi connectivity index (χ4n) is 5.67. The van der Waals surface area contributed by atoms with Crippen molar-refractivity contribution in [2.24, 2.45) is 0 Å². The van der Waals surface area contributed by atoms with Gasteiger partial charge in [0, 0.05) is 73.3 Å². The smallest absolute Gasteiger partial charge is 0.320 e. The predicted molar refractivity (Wildman–Crippen MR) is 199 cm³/mol. The third-order valence-electron chi connectivity index (χ3n) is 8.76. The van der Waals surface area contributed by atoms with Crippen molar-refractivity contribution in [2.75, 3.05) is 38.1 Å². The van der Waals surface area contributed by atoms with E-state index in [2.05, 4.69) is 31.2 Å². The number of aliphatic hydroxyl groups excluding tert-OH is 2. The van der Waals surface area contributed by atoms with Crippen molar-refractivity contribution in [1.29, 1.82) is 0 Å². The van der Waals surface area contributed by atoms with Crippen LogP contribution in [-0.4, -0.2) is 93.7 Å². The number of benzene rings is 2. The van der Waals surface area contributed by atoms with Gasteiger partial charge in [-0.25, -0.2) is 0 Å². The van der Waals surface area contributed by atoms with Crippen LogP contribution in [0.15, 0.2) is 60.9 Å². The number of aliphatic carboxylic acids is 2. The Morgan fingerprint density at radius 1 is 0.667 bits per heavy atom. The first kappa shape index (κ1) is 40.8. The van der Waals surface area contributed by atoms with Crippen molar-refractivity contribution in [3.05, 3.63) is 94.6 Å². The summed E-state index contributed by atoms with van der Waals surface area (Å²) in [7, 11) is 2.86. The first-order valence-corrected chi connectivity index (χ1v) is 16.9. The van der Waals surface area contributed by atoms with Crippen LogP contribution < -0.4 is 30.7 Å². The monoisotopic (exact) mass is 744 g/mol. The summed E-state index contributed by atoms with van der Waals surface area (Å²) in [4.78, 5) is 58.1. The fourth-order valence-corrected chi connectivity index (χ4v) is 5.67. The number of aliphatic hydroxyl groups is 2. The molecule has 4 rings (SSSR count). The van der Waals surface area contributed by atoms with Gasteiger partial charge >= 0.3 is 11.9 Å². The van der Waals surface area contributed by atoms with Crippen molar-refractivity contribution in [3.8, 4) is 22.6 Å². The Hall–Kier alpha value is -5.94. The number of amides is 2. The molecule has 4 aromatic rings. The average Bonchev–Trinajstić information content (AvgIpc) is 3.16. The van der Waals surface area contributed by atoms with E-state index in [1.54, 1.807) is 24.3 Å². The van der Waals surface area contributed by atoms with E-state index in [1.807, 2.05) is 26.0 Å². The maximum atomic E-state index is 13.3. The number of carbonyl (C=O) groups is 4.